The Labute approximate surface area is 140 Å². The minimum Gasteiger partial charge on any atom is -0.378 e. The van der Waals surface area contributed by atoms with E-state index in [1.54, 1.807) is 16.9 Å². The maximum atomic E-state index is 12.5. The van der Waals surface area contributed by atoms with E-state index in [0.29, 0.717) is 6.42 Å². The van der Waals surface area contributed by atoms with Crippen LogP contribution in [0.1, 0.15) is 25.7 Å². The largest absolute Gasteiger partial charge is 0.378 e. The number of rotatable bonds is 3. The number of carbonyl (C=O) groups is 1. The lowest BCUT2D eigenvalue weighted by Gasteiger charge is -2.36. The molecule has 128 valence electrons. The van der Waals surface area contributed by atoms with Gasteiger partial charge >= 0.3 is 0 Å². The first-order chi connectivity index (χ1) is 11.8. The first-order valence-corrected chi connectivity index (χ1v) is 8.59. The minimum atomic E-state index is 0.109. The number of piperazine rings is 1. The summed E-state index contributed by atoms with van der Waals surface area (Å²) >= 11 is 0. The topological polar surface area (TPSA) is 75.9 Å². The summed E-state index contributed by atoms with van der Waals surface area (Å²) in [4.78, 5) is 25.0. The number of nitrogens with zero attached hydrogens (tertiary/aromatic N) is 6. The van der Waals surface area contributed by atoms with Gasteiger partial charge in [0.05, 0.1) is 24.9 Å². The van der Waals surface area contributed by atoms with Gasteiger partial charge in [0, 0.05) is 32.8 Å². The number of hydrogen-bond donors (Lipinski definition) is 0. The summed E-state index contributed by atoms with van der Waals surface area (Å²) in [6, 6.07) is 0. The smallest absolute Gasteiger partial charge is 0.225 e. The zero-order chi connectivity index (χ0) is 16.4. The highest BCUT2D eigenvalue weighted by Crippen LogP contribution is 2.19. The van der Waals surface area contributed by atoms with Crippen molar-refractivity contribution in [2.75, 3.05) is 37.7 Å². The minimum absolute atomic E-state index is 0.109. The zero-order valence-electron chi connectivity index (χ0n) is 13.7. The highest BCUT2D eigenvalue weighted by atomic mass is 16.5. The van der Waals surface area contributed by atoms with Gasteiger partial charge in [0.2, 0.25) is 5.91 Å². The molecular weight excluding hydrogens is 308 g/mol. The number of ether oxygens (including phenoxy) is 1. The van der Waals surface area contributed by atoms with Crippen molar-refractivity contribution in [3.8, 4) is 0 Å². The Morgan fingerprint density at radius 3 is 2.88 bits per heavy atom. The zero-order valence-corrected chi connectivity index (χ0v) is 13.7. The van der Waals surface area contributed by atoms with Crippen molar-refractivity contribution in [3.05, 3.63) is 18.7 Å². The summed E-state index contributed by atoms with van der Waals surface area (Å²) < 4.78 is 7.48. The highest BCUT2D eigenvalue weighted by Gasteiger charge is 2.26. The van der Waals surface area contributed by atoms with E-state index in [-0.39, 0.29) is 12.0 Å². The Morgan fingerprint density at radius 1 is 1.21 bits per heavy atom. The monoisotopic (exact) mass is 330 g/mol. The van der Waals surface area contributed by atoms with E-state index in [9.17, 15) is 4.79 Å². The summed E-state index contributed by atoms with van der Waals surface area (Å²) in [5.74, 6) is 1.13. The van der Waals surface area contributed by atoms with Crippen molar-refractivity contribution in [1.82, 2.24) is 24.5 Å². The van der Waals surface area contributed by atoms with Crippen LogP contribution in [0, 0.1) is 0 Å². The molecule has 0 aliphatic carbocycles. The molecule has 2 aromatic rings. The molecule has 1 atom stereocenters. The number of hydrogen-bond acceptors (Lipinski definition) is 6. The molecule has 2 fully saturated rings. The van der Waals surface area contributed by atoms with Gasteiger partial charge in [0.1, 0.15) is 6.33 Å². The molecule has 4 rings (SSSR count). The van der Waals surface area contributed by atoms with Crippen LogP contribution in [-0.2, 0) is 9.53 Å². The van der Waals surface area contributed by atoms with E-state index in [4.69, 9.17) is 4.74 Å². The lowest BCUT2D eigenvalue weighted by atomic mass is 10.1. The van der Waals surface area contributed by atoms with E-state index in [0.717, 1.165) is 57.1 Å². The summed E-state index contributed by atoms with van der Waals surface area (Å²) in [5, 5.41) is 4.25. The number of carbonyl (C=O) groups excluding carboxylic acids is 1. The molecular formula is C16H22N6O2. The van der Waals surface area contributed by atoms with Crippen LogP contribution in [-0.4, -0.2) is 69.3 Å². The summed E-state index contributed by atoms with van der Waals surface area (Å²) in [6.45, 7) is 3.78. The molecule has 24 heavy (non-hydrogen) atoms. The van der Waals surface area contributed by atoms with E-state index in [1.807, 2.05) is 4.90 Å². The first kappa shape index (κ1) is 15.3. The number of fused-ring (bicyclic) bond motifs is 1. The van der Waals surface area contributed by atoms with E-state index < -0.39 is 0 Å². The molecule has 2 aliphatic rings. The van der Waals surface area contributed by atoms with Gasteiger partial charge in [0.15, 0.2) is 11.5 Å². The second-order valence-electron chi connectivity index (χ2n) is 6.36. The van der Waals surface area contributed by atoms with Crippen LogP contribution in [0.2, 0.25) is 0 Å². The quantitative estimate of drug-likeness (QED) is 0.826. The van der Waals surface area contributed by atoms with Gasteiger partial charge in [-0.25, -0.2) is 4.98 Å². The van der Waals surface area contributed by atoms with Crippen molar-refractivity contribution in [3.63, 3.8) is 0 Å². The Balaban J connectivity index is 1.36. The summed E-state index contributed by atoms with van der Waals surface area (Å²) in [6.07, 6.45) is 8.94. The van der Waals surface area contributed by atoms with Crippen molar-refractivity contribution in [2.45, 2.75) is 31.8 Å². The van der Waals surface area contributed by atoms with Gasteiger partial charge in [-0.3, -0.25) is 9.78 Å². The fourth-order valence-electron chi connectivity index (χ4n) is 3.43. The molecule has 0 aromatic carbocycles. The van der Waals surface area contributed by atoms with Crippen molar-refractivity contribution in [1.29, 1.82) is 0 Å². The molecule has 0 N–H and O–H groups in total. The molecule has 8 heteroatoms. The normalized spacial score (nSPS) is 22.1. The van der Waals surface area contributed by atoms with Crippen molar-refractivity contribution in [2.24, 2.45) is 0 Å². The molecule has 0 bridgehead atoms. The van der Waals surface area contributed by atoms with Gasteiger partial charge in [0.25, 0.3) is 0 Å². The average molecular weight is 330 g/mol. The van der Waals surface area contributed by atoms with E-state index in [1.165, 1.54) is 12.7 Å². The van der Waals surface area contributed by atoms with Crippen LogP contribution in [0.5, 0.6) is 0 Å². The first-order valence-electron chi connectivity index (χ1n) is 8.59. The molecule has 2 aromatic heterocycles. The molecule has 2 saturated heterocycles. The second-order valence-corrected chi connectivity index (χ2v) is 6.36. The lowest BCUT2D eigenvalue weighted by molar-refractivity contribution is -0.135. The molecule has 8 nitrogen and oxygen atoms in total. The Hall–Kier alpha value is -2.22. The summed E-state index contributed by atoms with van der Waals surface area (Å²) in [5.41, 5.74) is 0.737. The van der Waals surface area contributed by atoms with Gasteiger partial charge < -0.3 is 14.5 Å². The summed E-state index contributed by atoms with van der Waals surface area (Å²) in [7, 11) is 0. The number of amides is 1. The Bertz CT molecular complexity index is 703. The predicted molar refractivity (Wildman–Crippen MR) is 87.8 cm³/mol. The third kappa shape index (κ3) is 3.06. The third-order valence-electron chi connectivity index (χ3n) is 4.80. The van der Waals surface area contributed by atoms with Crippen LogP contribution in [0.3, 0.4) is 0 Å². The van der Waals surface area contributed by atoms with Gasteiger partial charge in [-0.1, -0.05) is 0 Å². The predicted octanol–water partition coefficient (Wildman–Crippen LogP) is 0.732. The Kier molecular flexibility index (Phi) is 4.29. The number of anilines is 1. The second kappa shape index (κ2) is 6.72. The molecule has 0 saturated carbocycles. The van der Waals surface area contributed by atoms with Crippen molar-refractivity contribution >= 4 is 17.4 Å². The molecule has 1 amide bonds. The van der Waals surface area contributed by atoms with Crippen LogP contribution >= 0.6 is 0 Å². The standard InChI is InChI=1S/C16H22N6O2/c23-16(9-13-3-1-2-8-24-13)21-6-4-20(5-7-21)15-11-17-10-14-18-12-19-22(14)15/h10-13H,1-9H2/t13-/m0/s1. The van der Waals surface area contributed by atoms with Gasteiger partial charge in [-0.2, -0.15) is 9.61 Å². The fourth-order valence-corrected chi connectivity index (χ4v) is 3.43. The third-order valence-corrected chi connectivity index (χ3v) is 4.80. The average Bonchev–Trinajstić information content (AvgIpc) is 3.11. The van der Waals surface area contributed by atoms with Crippen LogP contribution in [0.4, 0.5) is 5.82 Å². The molecule has 0 spiro atoms. The van der Waals surface area contributed by atoms with Gasteiger partial charge in [-0.15, -0.1) is 0 Å². The highest BCUT2D eigenvalue weighted by molar-refractivity contribution is 5.77. The molecule has 0 unspecified atom stereocenters. The maximum absolute atomic E-state index is 12.5. The van der Waals surface area contributed by atoms with Crippen LogP contribution < -0.4 is 4.90 Å². The molecule has 4 heterocycles. The van der Waals surface area contributed by atoms with Gasteiger partial charge in [-0.05, 0) is 19.3 Å². The SMILES string of the molecule is O=C(C[C@@H]1CCCCO1)N1CCN(c2cncc3ncnn23)CC1. The lowest BCUT2D eigenvalue weighted by Crippen LogP contribution is -2.50. The Morgan fingerprint density at radius 2 is 2.08 bits per heavy atom. The van der Waals surface area contributed by atoms with Crippen LogP contribution in [0.15, 0.2) is 18.7 Å². The molecule has 0 radical (unpaired) electrons. The molecule has 2 aliphatic heterocycles. The maximum Gasteiger partial charge on any atom is 0.225 e. The van der Waals surface area contributed by atoms with E-state index in [2.05, 4.69) is 20.0 Å². The van der Waals surface area contributed by atoms with Crippen molar-refractivity contribution < 1.29 is 9.53 Å². The van der Waals surface area contributed by atoms with Crippen LogP contribution in [0.25, 0.3) is 5.65 Å². The van der Waals surface area contributed by atoms with E-state index >= 15 is 0 Å². The fraction of sp³-hybridized carbons (Fsp3) is 0.625. The number of aromatic nitrogens is 4.